The van der Waals surface area contributed by atoms with Gasteiger partial charge in [-0.1, -0.05) is 67.6 Å². The molecule has 0 atom stereocenters. The van der Waals surface area contributed by atoms with Gasteiger partial charge in [0, 0.05) is 0 Å². The van der Waals surface area contributed by atoms with Crippen molar-refractivity contribution in [2.24, 2.45) is 0 Å². The van der Waals surface area contributed by atoms with Crippen LogP contribution in [0.25, 0.3) is 5.57 Å². The fourth-order valence-electron chi connectivity index (χ4n) is 3.23. The van der Waals surface area contributed by atoms with E-state index in [1.807, 2.05) is 24.3 Å². The van der Waals surface area contributed by atoms with Crippen molar-refractivity contribution in [1.82, 2.24) is 0 Å². The SMILES string of the molecule is CC/C(C1=CCCC=C1)=C(/c1ccccc1)c1cccc(C#N)c1. The Morgan fingerprint density at radius 2 is 1.79 bits per heavy atom. The van der Waals surface area contributed by atoms with Crippen LogP contribution in [-0.4, -0.2) is 0 Å². The van der Waals surface area contributed by atoms with E-state index in [2.05, 4.69) is 61.6 Å². The van der Waals surface area contributed by atoms with Crippen LogP contribution in [-0.2, 0) is 0 Å². The molecule has 2 aromatic rings. The molecule has 0 saturated heterocycles. The van der Waals surface area contributed by atoms with Crippen LogP contribution in [0.15, 0.2) is 84.0 Å². The molecule has 0 bridgehead atoms. The number of rotatable bonds is 4. The van der Waals surface area contributed by atoms with Crippen molar-refractivity contribution in [2.45, 2.75) is 26.2 Å². The van der Waals surface area contributed by atoms with E-state index < -0.39 is 0 Å². The lowest BCUT2D eigenvalue weighted by atomic mass is 9.86. The Morgan fingerprint density at radius 3 is 2.46 bits per heavy atom. The van der Waals surface area contributed by atoms with Gasteiger partial charge in [0.2, 0.25) is 0 Å². The Labute approximate surface area is 144 Å². The molecule has 0 amide bonds. The van der Waals surface area contributed by atoms with Crippen LogP contribution in [0.3, 0.4) is 0 Å². The van der Waals surface area contributed by atoms with Gasteiger partial charge in [-0.25, -0.2) is 0 Å². The molecule has 0 aromatic heterocycles. The molecule has 1 aliphatic rings. The zero-order valence-electron chi connectivity index (χ0n) is 14.0. The van der Waals surface area contributed by atoms with Gasteiger partial charge in [0.1, 0.15) is 0 Å². The first-order valence-electron chi connectivity index (χ1n) is 8.49. The van der Waals surface area contributed by atoms with Gasteiger partial charge in [-0.3, -0.25) is 0 Å². The second kappa shape index (κ2) is 7.62. The summed E-state index contributed by atoms with van der Waals surface area (Å²) < 4.78 is 0. The van der Waals surface area contributed by atoms with Gasteiger partial charge in [-0.15, -0.1) is 0 Å². The van der Waals surface area contributed by atoms with E-state index in [0.717, 1.165) is 24.8 Å². The number of hydrogen-bond acceptors (Lipinski definition) is 1. The second-order valence-electron chi connectivity index (χ2n) is 5.90. The maximum atomic E-state index is 9.27. The van der Waals surface area contributed by atoms with Crippen LogP contribution in [0.5, 0.6) is 0 Å². The zero-order valence-corrected chi connectivity index (χ0v) is 14.0. The number of allylic oxidation sites excluding steroid dienone is 5. The van der Waals surface area contributed by atoms with E-state index in [9.17, 15) is 5.26 Å². The molecule has 0 saturated carbocycles. The molecule has 0 unspecified atom stereocenters. The summed E-state index contributed by atoms with van der Waals surface area (Å²) in [4.78, 5) is 0. The lowest BCUT2D eigenvalue weighted by Crippen LogP contribution is -1.98. The van der Waals surface area contributed by atoms with Gasteiger partial charge in [-0.05, 0) is 59.2 Å². The molecule has 24 heavy (non-hydrogen) atoms. The Morgan fingerprint density at radius 1 is 1.00 bits per heavy atom. The van der Waals surface area contributed by atoms with Crippen molar-refractivity contribution in [3.05, 3.63) is 101 Å². The molecule has 118 valence electrons. The zero-order chi connectivity index (χ0) is 16.8. The molecule has 0 radical (unpaired) electrons. The number of nitrogens with zero attached hydrogens (tertiary/aromatic N) is 1. The van der Waals surface area contributed by atoms with Crippen molar-refractivity contribution in [3.63, 3.8) is 0 Å². The molecule has 1 heteroatoms. The highest BCUT2D eigenvalue weighted by Gasteiger charge is 2.14. The predicted molar refractivity (Wildman–Crippen MR) is 100 cm³/mol. The average molecular weight is 311 g/mol. The molecular formula is C23H21N. The average Bonchev–Trinajstić information content (AvgIpc) is 2.67. The normalized spacial score (nSPS) is 14.6. The van der Waals surface area contributed by atoms with Crippen LogP contribution in [0, 0.1) is 11.3 Å². The fourth-order valence-corrected chi connectivity index (χ4v) is 3.23. The van der Waals surface area contributed by atoms with Crippen molar-refractivity contribution in [3.8, 4) is 6.07 Å². The summed E-state index contributed by atoms with van der Waals surface area (Å²) in [6.45, 7) is 2.20. The van der Waals surface area contributed by atoms with Crippen molar-refractivity contribution in [2.75, 3.05) is 0 Å². The second-order valence-corrected chi connectivity index (χ2v) is 5.90. The van der Waals surface area contributed by atoms with Gasteiger partial charge in [-0.2, -0.15) is 5.26 Å². The Hall–Kier alpha value is -2.85. The molecule has 3 rings (SSSR count). The van der Waals surface area contributed by atoms with Crippen LogP contribution in [0.2, 0.25) is 0 Å². The summed E-state index contributed by atoms with van der Waals surface area (Å²) in [6, 6.07) is 20.7. The number of benzene rings is 2. The molecule has 1 nitrogen and oxygen atoms in total. The van der Waals surface area contributed by atoms with Crippen molar-refractivity contribution < 1.29 is 0 Å². The summed E-state index contributed by atoms with van der Waals surface area (Å²) in [5, 5.41) is 9.27. The molecule has 1 aliphatic carbocycles. The van der Waals surface area contributed by atoms with Crippen LogP contribution in [0.1, 0.15) is 42.9 Å². The molecule has 0 fully saturated rings. The third-order valence-electron chi connectivity index (χ3n) is 4.34. The maximum Gasteiger partial charge on any atom is 0.0991 e. The van der Waals surface area contributed by atoms with Gasteiger partial charge in [0.05, 0.1) is 11.6 Å². The minimum absolute atomic E-state index is 0.699. The number of nitriles is 1. The van der Waals surface area contributed by atoms with Gasteiger partial charge < -0.3 is 0 Å². The molecule has 0 aliphatic heterocycles. The van der Waals surface area contributed by atoms with E-state index in [1.165, 1.54) is 22.3 Å². The standard InChI is InChI=1S/C23H21N/c1-2-22(19-11-5-3-6-12-19)23(20-13-7-4-8-14-20)21-15-9-10-18(16-21)17-24/h4-5,7-16H,2-3,6H2,1H3/b23-22+. The minimum Gasteiger partial charge on any atom is -0.192 e. The van der Waals surface area contributed by atoms with Crippen LogP contribution >= 0.6 is 0 Å². The molecule has 2 aromatic carbocycles. The Balaban J connectivity index is 2.25. The van der Waals surface area contributed by atoms with Gasteiger partial charge >= 0.3 is 0 Å². The molecule has 0 spiro atoms. The third-order valence-corrected chi connectivity index (χ3v) is 4.34. The summed E-state index contributed by atoms with van der Waals surface area (Å²) in [5.41, 5.74) is 6.89. The van der Waals surface area contributed by atoms with Crippen LogP contribution in [0.4, 0.5) is 0 Å². The molecule has 0 N–H and O–H groups in total. The fraction of sp³-hybridized carbons (Fsp3) is 0.174. The molecule has 0 heterocycles. The maximum absolute atomic E-state index is 9.27. The quantitative estimate of drug-likeness (QED) is 0.674. The number of hydrogen-bond donors (Lipinski definition) is 0. The van der Waals surface area contributed by atoms with Crippen molar-refractivity contribution >= 4 is 5.57 Å². The monoisotopic (exact) mass is 311 g/mol. The summed E-state index contributed by atoms with van der Waals surface area (Å²) in [7, 11) is 0. The van der Waals surface area contributed by atoms with E-state index in [1.54, 1.807) is 0 Å². The first kappa shape index (κ1) is 16.0. The van der Waals surface area contributed by atoms with E-state index in [0.29, 0.717) is 5.56 Å². The first-order chi connectivity index (χ1) is 11.8. The Kier molecular flexibility index (Phi) is 5.08. The summed E-state index contributed by atoms with van der Waals surface area (Å²) in [6.07, 6.45) is 9.98. The predicted octanol–water partition coefficient (Wildman–Crippen LogP) is 6.05. The first-order valence-corrected chi connectivity index (χ1v) is 8.49. The highest BCUT2D eigenvalue weighted by atomic mass is 14.2. The Bertz CT molecular complexity index is 845. The summed E-state index contributed by atoms with van der Waals surface area (Å²) >= 11 is 0. The summed E-state index contributed by atoms with van der Waals surface area (Å²) in [5.74, 6) is 0. The van der Waals surface area contributed by atoms with Gasteiger partial charge in [0.15, 0.2) is 0 Å². The van der Waals surface area contributed by atoms with E-state index in [-0.39, 0.29) is 0 Å². The van der Waals surface area contributed by atoms with E-state index in [4.69, 9.17) is 0 Å². The van der Waals surface area contributed by atoms with Crippen molar-refractivity contribution in [1.29, 1.82) is 5.26 Å². The third kappa shape index (κ3) is 3.39. The lowest BCUT2D eigenvalue weighted by molar-refractivity contribution is 1.00. The molecular weight excluding hydrogens is 290 g/mol. The largest absolute Gasteiger partial charge is 0.192 e. The van der Waals surface area contributed by atoms with Gasteiger partial charge in [0.25, 0.3) is 0 Å². The lowest BCUT2D eigenvalue weighted by Gasteiger charge is -2.18. The van der Waals surface area contributed by atoms with Crippen LogP contribution < -0.4 is 0 Å². The highest BCUT2D eigenvalue weighted by Crippen LogP contribution is 2.34. The topological polar surface area (TPSA) is 23.8 Å². The van der Waals surface area contributed by atoms with E-state index >= 15 is 0 Å². The highest BCUT2D eigenvalue weighted by molar-refractivity contribution is 5.85. The minimum atomic E-state index is 0.699. The smallest absolute Gasteiger partial charge is 0.0991 e.